The van der Waals surface area contributed by atoms with E-state index in [9.17, 15) is 5.21 Å². The van der Waals surface area contributed by atoms with Crippen molar-refractivity contribution in [3.63, 3.8) is 0 Å². The van der Waals surface area contributed by atoms with Gasteiger partial charge in [0.1, 0.15) is 29.4 Å². The summed E-state index contributed by atoms with van der Waals surface area (Å²) in [5, 5.41) is 14.7. The predicted molar refractivity (Wildman–Crippen MR) is 70.4 cm³/mol. The maximum Gasteiger partial charge on any atom is 0.181 e. The highest BCUT2D eigenvalue weighted by Gasteiger charge is 2.05. The summed E-state index contributed by atoms with van der Waals surface area (Å²) >= 11 is 6.98. The van der Waals surface area contributed by atoms with Gasteiger partial charge in [-0.25, -0.2) is 4.74 Å². The van der Waals surface area contributed by atoms with Crippen molar-refractivity contribution in [3.8, 4) is 5.75 Å². The fourth-order valence-electron chi connectivity index (χ4n) is 1.29. The first-order chi connectivity index (χ1) is 8.65. The summed E-state index contributed by atoms with van der Waals surface area (Å²) in [4.78, 5) is 0. The Bertz CT molecular complexity index is 550. The molecule has 2 rings (SSSR count). The minimum absolute atomic E-state index is 0.278. The third-order valence-corrected chi connectivity index (χ3v) is 3.08. The zero-order valence-electron chi connectivity index (χ0n) is 9.54. The highest BCUT2D eigenvalue weighted by atomic mass is 35.5. The van der Waals surface area contributed by atoms with Crippen LogP contribution in [0.15, 0.2) is 24.3 Å². The number of hydrogen-bond donors (Lipinski definition) is 0. The lowest BCUT2D eigenvalue weighted by Crippen LogP contribution is -1.99. The Kier molecular flexibility index (Phi) is 4.11. The average molecular weight is 284 g/mol. The van der Waals surface area contributed by atoms with Crippen molar-refractivity contribution < 1.29 is 9.48 Å². The second kappa shape index (κ2) is 5.79. The number of halogens is 1. The molecular formula is C11H10ClN3O2S. The van der Waals surface area contributed by atoms with Crippen LogP contribution in [0, 0.1) is 5.21 Å². The summed E-state index contributed by atoms with van der Waals surface area (Å²) in [6, 6.07) is 7.15. The largest absolute Gasteiger partial charge is 0.624 e. The molecule has 0 unspecified atom stereocenters. The molecule has 1 aromatic carbocycles. The van der Waals surface area contributed by atoms with Crippen LogP contribution in [-0.2, 0) is 6.61 Å². The lowest BCUT2D eigenvalue weighted by molar-refractivity contribution is -0.416. The molecule has 0 aliphatic carbocycles. The van der Waals surface area contributed by atoms with E-state index >= 15 is 0 Å². The molecule has 0 aliphatic rings. The summed E-state index contributed by atoms with van der Waals surface area (Å²) in [5.41, 5.74) is 1.44. The van der Waals surface area contributed by atoms with Gasteiger partial charge in [0.2, 0.25) is 0 Å². The van der Waals surface area contributed by atoms with Crippen LogP contribution in [0.2, 0.25) is 4.34 Å². The first kappa shape index (κ1) is 12.8. The van der Waals surface area contributed by atoms with Crippen LogP contribution in [0.4, 0.5) is 0 Å². The van der Waals surface area contributed by atoms with Crippen molar-refractivity contribution in [2.24, 2.45) is 0 Å². The highest BCUT2D eigenvalue weighted by molar-refractivity contribution is 7.10. The van der Waals surface area contributed by atoms with Gasteiger partial charge in [-0.2, -0.15) is 0 Å². The van der Waals surface area contributed by atoms with Crippen molar-refractivity contribution in [2.45, 2.75) is 6.61 Å². The van der Waals surface area contributed by atoms with E-state index in [1.165, 1.54) is 13.3 Å². The summed E-state index contributed by atoms with van der Waals surface area (Å²) in [6.45, 7) is 0.278. The van der Waals surface area contributed by atoms with E-state index in [1.54, 1.807) is 24.3 Å². The van der Waals surface area contributed by atoms with Crippen molar-refractivity contribution >= 4 is 29.3 Å². The van der Waals surface area contributed by atoms with Gasteiger partial charge in [0, 0.05) is 17.1 Å². The molecule has 0 saturated carbocycles. The molecule has 0 bridgehead atoms. The van der Waals surface area contributed by atoms with Crippen LogP contribution in [0.3, 0.4) is 0 Å². The zero-order valence-corrected chi connectivity index (χ0v) is 11.1. The summed E-state index contributed by atoms with van der Waals surface area (Å²) in [5.74, 6) is 0.685. The number of hydroxylamine groups is 1. The highest BCUT2D eigenvalue weighted by Crippen LogP contribution is 2.19. The Hall–Kier alpha value is -1.66. The third-order valence-electron chi connectivity index (χ3n) is 2.10. The SMILES string of the molecule is C[N+]([O-])=Cc1ccc(OCc2nnsc2Cl)cc1. The zero-order chi connectivity index (χ0) is 13.0. The second-order valence-corrected chi connectivity index (χ2v) is 4.88. The molecule has 0 radical (unpaired) electrons. The van der Waals surface area contributed by atoms with E-state index in [4.69, 9.17) is 16.3 Å². The van der Waals surface area contributed by atoms with Gasteiger partial charge in [-0.1, -0.05) is 16.1 Å². The normalized spacial score (nSPS) is 11.6. The minimum atomic E-state index is 0.278. The first-order valence-corrected chi connectivity index (χ1v) is 6.25. The molecule has 5 nitrogen and oxygen atoms in total. The first-order valence-electron chi connectivity index (χ1n) is 5.09. The molecule has 94 valence electrons. The smallest absolute Gasteiger partial charge is 0.181 e. The Morgan fingerprint density at radius 3 is 2.72 bits per heavy atom. The van der Waals surface area contributed by atoms with E-state index in [-0.39, 0.29) is 6.61 Å². The second-order valence-electron chi connectivity index (χ2n) is 3.53. The van der Waals surface area contributed by atoms with Crippen molar-refractivity contribution in [2.75, 3.05) is 7.05 Å². The predicted octanol–water partition coefficient (Wildman–Crippen LogP) is 2.33. The monoisotopic (exact) mass is 283 g/mol. The summed E-state index contributed by atoms with van der Waals surface area (Å²) in [7, 11) is 1.43. The Labute approximate surface area is 113 Å². The molecule has 1 aromatic heterocycles. The molecule has 0 amide bonds. The van der Waals surface area contributed by atoms with Crippen LogP contribution in [-0.4, -0.2) is 27.6 Å². The molecule has 0 spiro atoms. The number of rotatable bonds is 4. The van der Waals surface area contributed by atoms with Gasteiger partial charge in [0.15, 0.2) is 6.21 Å². The van der Waals surface area contributed by atoms with Crippen molar-refractivity contribution in [3.05, 3.63) is 45.1 Å². The molecule has 7 heteroatoms. The molecule has 0 fully saturated rings. The van der Waals surface area contributed by atoms with E-state index < -0.39 is 0 Å². The van der Waals surface area contributed by atoms with Crippen LogP contribution < -0.4 is 4.74 Å². The number of benzene rings is 1. The lowest BCUT2D eigenvalue weighted by atomic mass is 10.2. The molecule has 18 heavy (non-hydrogen) atoms. The molecule has 2 aromatic rings. The molecule has 0 atom stereocenters. The van der Waals surface area contributed by atoms with Gasteiger partial charge in [-0.3, -0.25) is 0 Å². The summed E-state index contributed by atoms with van der Waals surface area (Å²) in [6.07, 6.45) is 1.48. The Balaban J connectivity index is 1.99. The maximum atomic E-state index is 10.8. The Morgan fingerprint density at radius 2 is 2.17 bits per heavy atom. The number of nitrogens with zero attached hydrogens (tertiary/aromatic N) is 3. The average Bonchev–Trinajstić information content (AvgIpc) is 2.73. The number of hydrogen-bond acceptors (Lipinski definition) is 5. The third kappa shape index (κ3) is 3.41. The fraction of sp³-hybridized carbons (Fsp3) is 0.182. The van der Waals surface area contributed by atoms with Crippen LogP contribution in [0.5, 0.6) is 5.75 Å². The van der Waals surface area contributed by atoms with Crippen LogP contribution in [0.25, 0.3) is 0 Å². The topological polar surface area (TPSA) is 61.1 Å². The quantitative estimate of drug-likeness (QED) is 0.374. The standard InChI is InChI=1S/C11H10ClN3O2S/c1-15(16)6-8-2-4-9(5-3-8)17-7-10-11(12)18-14-13-10/h2-6H,7H2,1H3. The molecule has 1 heterocycles. The van der Waals surface area contributed by atoms with E-state index in [0.717, 1.165) is 21.8 Å². The molecular weight excluding hydrogens is 274 g/mol. The molecule has 0 saturated heterocycles. The van der Waals surface area contributed by atoms with E-state index in [2.05, 4.69) is 9.59 Å². The van der Waals surface area contributed by atoms with Crippen molar-refractivity contribution in [1.29, 1.82) is 0 Å². The molecule has 0 N–H and O–H groups in total. The molecule has 0 aliphatic heterocycles. The van der Waals surface area contributed by atoms with E-state index in [0.29, 0.717) is 15.8 Å². The summed E-state index contributed by atoms with van der Waals surface area (Å²) < 4.78 is 10.5. The van der Waals surface area contributed by atoms with Gasteiger partial charge in [-0.15, -0.1) is 5.10 Å². The van der Waals surface area contributed by atoms with Gasteiger partial charge in [0.25, 0.3) is 0 Å². The van der Waals surface area contributed by atoms with E-state index in [1.807, 2.05) is 0 Å². The minimum Gasteiger partial charge on any atom is -0.624 e. The van der Waals surface area contributed by atoms with Gasteiger partial charge < -0.3 is 9.94 Å². The fourth-order valence-corrected chi connectivity index (χ4v) is 1.90. The van der Waals surface area contributed by atoms with Gasteiger partial charge in [0.05, 0.1) is 0 Å². The number of ether oxygens (including phenoxy) is 1. The Morgan fingerprint density at radius 1 is 1.44 bits per heavy atom. The van der Waals surface area contributed by atoms with Gasteiger partial charge in [-0.05, 0) is 24.3 Å². The van der Waals surface area contributed by atoms with Crippen molar-refractivity contribution in [1.82, 2.24) is 9.59 Å². The van der Waals surface area contributed by atoms with Crippen LogP contribution >= 0.6 is 23.1 Å². The maximum absolute atomic E-state index is 10.8. The van der Waals surface area contributed by atoms with Crippen LogP contribution in [0.1, 0.15) is 11.3 Å². The lowest BCUT2D eigenvalue weighted by Gasteiger charge is -2.04. The van der Waals surface area contributed by atoms with Gasteiger partial charge >= 0.3 is 0 Å². The number of aromatic nitrogens is 2.